The van der Waals surface area contributed by atoms with Crippen molar-refractivity contribution >= 4 is 29.3 Å². The fourth-order valence-corrected chi connectivity index (χ4v) is 4.36. The van der Waals surface area contributed by atoms with Gasteiger partial charge >= 0.3 is 6.18 Å². The van der Waals surface area contributed by atoms with Crippen molar-refractivity contribution in [2.24, 2.45) is 0 Å². The van der Waals surface area contributed by atoms with Gasteiger partial charge in [-0.3, -0.25) is 9.59 Å². The number of para-hydroxylation sites is 1. The van der Waals surface area contributed by atoms with Crippen LogP contribution in [0, 0.1) is 0 Å². The van der Waals surface area contributed by atoms with Gasteiger partial charge in [0, 0.05) is 11.8 Å². The van der Waals surface area contributed by atoms with Crippen LogP contribution in [-0.4, -0.2) is 29.0 Å². The van der Waals surface area contributed by atoms with E-state index >= 15 is 0 Å². The Labute approximate surface area is 152 Å². The summed E-state index contributed by atoms with van der Waals surface area (Å²) in [7, 11) is 0. The van der Waals surface area contributed by atoms with Gasteiger partial charge in [0.05, 0.1) is 16.8 Å². The molecular formula is C16H19F3N4O2S. The summed E-state index contributed by atoms with van der Waals surface area (Å²) in [5.41, 5.74) is -1.85. The van der Waals surface area contributed by atoms with Crippen LogP contribution in [0.3, 0.4) is 0 Å². The van der Waals surface area contributed by atoms with Gasteiger partial charge in [-0.1, -0.05) is 17.8 Å². The standard InChI is InChI=1S/C16H19F3N4O2S/c1-9(24)21-16(23-13(25)14(2)7-4-8-20-14)22-12-10(15(17,18)19)5-3-6-11(12)26-16/h3,5-6,20,22H,4,7-8H2,1-2H3,(H,21,24)(H,23,25). The Kier molecular flexibility index (Phi) is 4.60. The first-order chi connectivity index (χ1) is 12.0. The van der Waals surface area contributed by atoms with E-state index < -0.39 is 34.2 Å². The summed E-state index contributed by atoms with van der Waals surface area (Å²) in [6, 6.07) is 3.76. The van der Waals surface area contributed by atoms with Gasteiger partial charge in [-0.05, 0) is 38.4 Å². The average molecular weight is 388 g/mol. The van der Waals surface area contributed by atoms with Crippen molar-refractivity contribution in [3.05, 3.63) is 23.8 Å². The Morgan fingerprint density at radius 3 is 2.58 bits per heavy atom. The van der Waals surface area contributed by atoms with Crippen molar-refractivity contribution in [1.29, 1.82) is 0 Å². The summed E-state index contributed by atoms with van der Waals surface area (Å²) < 4.78 is 39.9. The van der Waals surface area contributed by atoms with Gasteiger partial charge in [0.25, 0.3) is 0 Å². The number of hydrogen-bond acceptors (Lipinski definition) is 5. The second-order valence-corrected chi connectivity index (χ2v) is 7.84. The summed E-state index contributed by atoms with van der Waals surface area (Å²) in [5.74, 6) is -0.888. The molecule has 3 rings (SSSR count). The molecule has 2 aliphatic heterocycles. The quantitative estimate of drug-likeness (QED) is 0.597. The smallest absolute Gasteiger partial charge is 0.335 e. The first kappa shape index (κ1) is 18.8. The second-order valence-electron chi connectivity index (χ2n) is 6.58. The molecule has 0 aromatic heterocycles. The average Bonchev–Trinajstić information content (AvgIpc) is 3.09. The normalized spacial score (nSPS) is 27.6. The highest BCUT2D eigenvalue weighted by molar-refractivity contribution is 8.01. The van der Waals surface area contributed by atoms with Gasteiger partial charge in [-0.15, -0.1) is 0 Å². The molecule has 2 aliphatic rings. The molecule has 0 saturated carbocycles. The maximum Gasteiger partial charge on any atom is 0.418 e. The molecule has 1 saturated heterocycles. The number of anilines is 1. The van der Waals surface area contributed by atoms with Gasteiger partial charge < -0.3 is 21.3 Å². The van der Waals surface area contributed by atoms with E-state index in [-0.39, 0.29) is 5.69 Å². The molecule has 1 aromatic carbocycles. The van der Waals surface area contributed by atoms with Crippen molar-refractivity contribution in [2.75, 3.05) is 11.9 Å². The van der Waals surface area contributed by atoms with E-state index in [0.29, 0.717) is 17.9 Å². The topological polar surface area (TPSA) is 82.3 Å². The zero-order valence-electron chi connectivity index (χ0n) is 14.2. The van der Waals surface area contributed by atoms with E-state index in [1.54, 1.807) is 6.92 Å². The Balaban J connectivity index is 1.93. The summed E-state index contributed by atoms with van der Waals surface area (Å²) in [6.45, 7) is 3.64. The van der Waals surface area contributed by atoms with Crippen molar-refractivity contribution in [2.45, 2.75) is 48.4 Å². The molecule has 142 valence electrons. The van der Waals surface area contributed by atoms with Gasteiger partial charge in [0.2, 0.25) is 16.9 Å². The van der Waals surface area contributed by atoms with Gasteiger partial charge in [0.1, 0.15) is 0 Å². The molecule has 4 N–H and O–H groups in total. The molecule has 10 heteroatoms. The Morgan fingerprint density at radius 1 is 1.27 bits per heavy atom. The zero-order valence-corrected chi connectivity index (χ0v) is 15.0. The largest absolute Gasteiger partial charge is 0.418 e. The molecule has 1 fully saturated rings. The number of carbonyl (C=O) groups is 2. The van der Waals surface area contributed by atoms with Gasteiger partial charge in [-0.25, -0.2) is 0 Å². The minimum absolute atomic E-state index is 0.163. The van der Waals surface area contributed by atoms with Crippen LogP contribution in [0.5, 0.6) is 0 Å². The van der Waals surface area contributed by atoms with Gasteiger partial charge in [-0.2, -0.15) is 13.2 Å². The number of alkyl halides is 3. The van der Waals surface area contributed by atoms with Crippen molar-refractivity contribution in [1.82, 2.24) is 16.0 Å². The number of amides is 2. The van der Waals surface area contributed by atoms with Crippen molar-refractivity contribution in [3.63, 3.8) is 0 Å². The number of benzene rings is 1. The SMILES string of the molecule is CC(=O)NC1(NC(=O)C2(C)CCCN2)Nc2c(cccc2C(F)(F)F)S1. The molecule has 0 bridgehead atoms. The van der Waals surface area contributed by atoms with E-state index in [1.165, 1.54) is 19.1 Å². The lowest BCUT2D eigenvalue weighted by Gasteiger charge is -2.34. The lowest BCUT2D eigenvalue weighted by molar-refractivity contribution is -0.137. The van der Waals surface area contributed by atoms with E-state index in [4.69, 9.17) is 0 Å². The minimum atomic E-state index is -4.56. The van der Waals surface area contributed by atoms with Crippen LogP contribution in [-0.2, 0) is 15.8 Å². The monoisotopic (exact) mass is 388 g/mol. The van der Waals surface area contributed by atoms with E-state index in [1.807, 2.05) is 0 Å². The number of thioether (sulfide) groups is 1. The predicted octanol–water partition coefficient (Wildman–Crippen LogP) is 2.23. The molecule has 2 unspecified atom stereocenters. The molecule has 26 heavy (non-hydrogen) atoms. The maximum absolute atomic E-state index is 13.3. The zero-order chi connectivity index (χ0) is 19.2. The highest BCUT2D eigenvalue weighted by atomic mass is 32.2. The lowest BCUT2D eigenvalue weighted by Crippen LogP contribution is -2.66. The number of nitrogens with one attached hydrogen (secondary N) is 4. The van der Waals surface area contributed by atoms with E-state index in [9.17, 15) is 22.8 Å². The van der Waals surface area contributed by atoms with E-state index in [0.717, 1.165) is 24.2 Å². The summed E-state index contributed by atoms with van der Waals surface area (Å²) in [4.78, 5) is 24.7. The number of hydrogen-bond donors (Lipinski definition) is 4. The van der Waals surface area contributed by atoms with E-state index in [2.05, 4.69) is 21.3 Å². The number of halogens is 3. The summed E-state index contributed by atoms with van der Waals surface area (Å²) in [5, 5.41) is 9.41. The molecule has 2 heterocycles. The third kappa shape index (κ3) is 3.48. The molecule has 0 aliphatic carbocycles. The number of rotatable bonds is 3. The van der Waals surface area contributed by atoms with Crippen molar-refractivity contribution in [3.8, 4) is 0 Å². The Hall–Kier alpha value is -1.94. The first-order valence-electron chi connectivity index (χ1n) is 8.08. The van der Waals surface area contributed by atoms with Crippen LogP contribution in [0.15, 0.2) is 23.1 Å². The first-order valence-corrected chi connectivity index (χ1v) is 8.90. The fourth-order valence-electron chi connectivity index (χ4n) is 3.13. The molecule has 2 amide bonds. The maximum atomic E-state index is 13.3. The lowest BCUT2D eigenvalue weighted by atomic mass is 9.99. The van der Waals surface area contributed by atoms with Crippen LogP contribution >= 0.6 is 11.8 Å². The Morgan fingerprint density at radius 2 is 2.00 bits per heavy atom. The number of fused-ring (bicyclic) bond motifs is 1. The Bertz CT molecular complexity index is 750. The van der Waals surface area contributed by atoms with Crippen LogP contribution in [0.4, 0.5) is 18.9 Å². The highest BCUT2D eigenvalue weighted by Crippen LogP contribution is 2.48. The highest BCUT2D eigenvalue weighted by Gasteiger charge is 2.48. The second kappa shape index (κ2) is 6.34. The molecular weight excluding hydrogens is 369 g/mol. The van der Waals surface area contributed by atoms with Crippen LogP contribution in [0.25, 0.3) is 0 Å². The van der Waals surface area contributed by atoms with Crippen LogP contribution < -0.4 is 21.3 Å². The van der Waals surface area contributed by atoms with Crippen LogP contribution in [0.2, 0.25) is 0 Å². The van der Waals surface area contributed by atoms with Gasteiger partial charge in [0.15, 0.2) is 0 Å². The minimum Gasteiger partial charge on any atom is -0.335 e. The fraction of sp³-hybridized carbons (Fsp3) is 0.500. The predicted molar refractivity (Wildman–Crippen MR) is 91.3 cm³/mol. The molecule has 0 spiro atoms. The summed E-state index contributed by atoms with van der Waals surface area (Å²) in [6.07, 6.45) is -3.15. The number of carbonyl (C=O) groups excluding carboxylic acids is 2. The van der Waals surface area contributed by atoms with Crippen LogP contribution in [0.1, 0.15) is 32.3 Å². The molecule has 6 nitrogen and oxygen atoms in total. The third-order valence-electron chi connectivity index (χ3n) is 4.41. The third-order valence-corrected chi connectivity index (χ3v) is 5.58. The molecule has 1 aromatic rings. The summed E-state index contributed by atoms with van der Waals surface area (Å²) >= 11 is 0.925. The molecule has 0 radical (unpaired) electrons. The molecule has 2 atom stereocenters. The van der Waals surface area contributed by atoms with Crippen molar-refractivity contribution < 1.29 is 22.8 Å².